The Morgan fingerprint density at radius 2 is 2.00 bits per heavy atom. The molecule has 5 heteroatoms. The van der Waals surface area contributed by atoms with E-state index in [4.69, 9.17) is 17.3 Å². The molecular weight excluding hydrogens is 291 g/mol. The third kappa shape index (κ3) is 3.52. The van der Waals surface area contributed by atoms with Crippen LogP contribution in [-0.2, 0) is 6.54 Å². The number of carbonyl (C=O) groups excluding carboxylic acids is 1. The molecule has 0 unspecified atom stereocenters. The average molecular weight is 307 g/mol. The monoisotopic (exact) mass is 306 g/mol. The molecule has 0 saturated heterocycles. The van der Waals surface area contributed by atoms with Crippen LogP contribution in [0.4, 0.5) is 10.1 Å². The van der Waals surface area contributed by atoms with Crippen molar-refractivity contribution < 1.29 is 9.18 Å². The van der Waals surface area contributed by atoms with Crippen molar-refractivity contribution in [2.75, 3.05) is 12.3 Å². The minimum Gasteiger partial charge on any atom is -0.396 e. The van der Waals surface area contributed by atoms with Gasteiger partial charge in [0.1, 0.15) is 5.82 Å². The standard InChI is InChI=1S/C16H16ClFN2O/c1-2-20(10-12-5-3-4-6-13(12)17)16(21)11-7-8-15(19)14(18)9-11/h3-9H,2,10,19H2,1H3. The van der Waals surface area contributed by atoms with E-state index >= 15 is 0 Å². The molecule has 21 heavy (non-hydrogen) atoms. The highest BCUT2D eigenvalue weighted by Crippen LogP contribution is 2.19. The molecule has 0 fully saturated rings. The van der Waals surface area contributed by atoms with Crippen molar-refractivity contribution in [2.45, 2.75) is 13.5 Å². The summed E-state index contributed by atoms with van der Waals surface area (Å²) in [6.07, 6.45) is 0. The van der Waals surface area contributed by atoms with Crippen LogP contribution in [0, 0.1) is 5.82 Å². The normalized spacial score (nSPS) is 10.4. The predicted octanol–water partition coefficient (Wildman–Crippen LogP) is 3.72. The predicted molar refractivity (Wildman–Crippen MR) is 82.7 cm³/mol. The molecule has 0 heterocycles. The van der Waals surface area contributed by atoms with Crippen molar-refractivity contribution in [3.05, 3.63) is 64.4 Å². The van der Waals surface area contributed by atoms with Gasteiger partial charge < -0.3 is 10.6 Å². The number of amides is 1. The first-order chi connectivity index (χ1) is 10.0. The molecule has 0 aliphatic carbocycles. The van der Waals surface area contributed by atoms with Crippen LogP contribution < -0.4 is 5.73 Å². The molecule has 0 saturated carbocycles. The van der Waals surface area contributed by atoms with Crippen LogP contribution in [0.1, 0.15) is 22.8 Å². The second-order valence-corrected chi connectivity index (χ2v) is 5.05. The van der Waals surface area contributed by atoms with Crippen molar-refractivity contribution in [2.24, 2.45) is 0 Å². The highest BCUT2D eigenvalue weighted by atomic mass is 35.5. The Bertz CT molecular complexity index is 660. The van der Waals surface area contributed by atoms with E-state index in [0.717, 1.165) is 11.6 Å². The molecule has 0 aliphatic heterocycles. The smallest absolute Gasteiger partial charge is 0.254 e. The van der Waals surface area contributed by atoms with Crippen LogP contribution in [0.15, 0.2) is 42.5 Å². The first kappa shape index (κ1) is 15.3. The molecule has 0 radical (unpaired) electrons. The van der Waals surface area contributed by atoms with Gasteiger partial charge in [-0.1, -0.05) is 29.8 Å². The maximum atomic E-state index is 13.5. The fraction of sp³-hybridized carbons (Fsp3) is 0.188. The Kier molecular flexibility index (Phi) is 4.81. The van der Waals surface area contributed by atoms with Crippen molar-refractivity contribution in [1.82, 2.24) is 4.90 Å². The van der Waals surface area contributed by atoms with Gasteiger partial charge in [-0.15, -0.1) is 0 Å². The number of nitrogen functional groups attached to an aromatic ring is 1. The maximum absolute atomic E-state index is 13.5. The van der Waals surface area contributed by atoms with Crippen LogP contribution in [0.5, 0.6) is 0 Å². The van der Waals surface area contributed by atoms with Gasteiger partial charge in [0.15, 0.2) is 0 Å². The molecule has 0 atom stereocenters. The maximum Gasteiger partial charge on any atom is 0.254 e. The molecule has 1 amide bonds. The number of nitrogens with two attached hydrogens (primary N) is 1. The highest BCUT2D eigenvalue weighted by Gasteiger charge is 2.16. The Balaban J connectivity index is 2.22. The molecular formula is C16H16ClFN2O. The zero-order valence-electron chi connectivity index (χ0n) is 11.6. The number of benzene rings is 2. The molecule has 0 bridgehead atoms. The number of anilines is 1. The van der Waals surface area contributed by atoms with E-state index in [2.05, 4.69) is 0 Å². The Morgan fingerprint density at radius 3 is 2.62 bits per heavy atom. The third-order valence-electron chi connectivity index (χ3n) is 3.24. The van der Waals surface area contributed by atoms with Gasteiger partial charge in [-0.3, -0.25) is 4.79 Å². The Morgan fingerprint density at radius 1 is 1.29 bits per heavy atom. The number of hydrogen-bond donors (Lipinski definition) is 1. The van der Waals surface area contributed by atoms with Crippen LogP contribution in [0.25, 0.3) is 0 Å². The van der Waals surface area contributed by atoms with E-state index in [9.17, 15) is 9.18 Å². The van der Waals surface area contributed by atoms with E-state index in [1.807, 2.05) is 25.1 Å². The first-order valence-corrected chi connectivity index (χ1v) is 6.98. The molecule has 2 aromatic rings. The number of carbonyl (C=O) groups is 1. The third-order valence-corrected chi connectivity index (χ3v) is 3.60. The largest absolute Gasteiger partial charge is 0.396 e. The second kappa shape index (κ2) is 6.59. The fourth-order valence-electron chi connectivity index (χ4n) is 2.00. The zero-order chi connectivity index (χ0) is 15.4. The summed E-state index contributed by atoms with van der Waals surface area (Å²) in [6, 6.07) is 11.4. The fourth-order valence-corrected chi connectivity index (χ4v) is 2.20. The summed E-state index contributed by atoms with van der Waals surface area (Å²) in [4.78, 5) is 14.0. The van der Waals surface area contributed by atoms with Gasteiger partial charge in [0, 0.05) is 23.7 Å². The van der Waals surface area contributed by atoms with E-state index < -0.39 is 5.82 Å². The number of hydrogen-bond acceptors (Lipinski definition) is 2. The molecule has 2 N–H and O–H groups in total. The number of rotatable bonds is 4. The molecule has 3 nitrogen and oxygen atoms in total. The van der Waals surface area contributed by atoms with Gasteiger partial charge in [-0.2, -0.15) is 0 Å². The topological polar surface area (TPSA) is 46.3 Å². The van der Waals surface area contributed by atoms with E-state index in [1.165, 1.54) is 12.1 Å². The van der Waals surface area contributed by atoms with Crippen LogP contribution in [-0.4, -0.2) is 17.4 Å². The van der Waals surface area contributed by atoms with Crippen molar-refractivity contribution in [3.8, 4) is 0 Å². The minimum atomic E-state index is -0.588. The Hall–Kier alpha value is -2.07. The molecule has 2 rings (SSSR count). The molecule has 110 valence electrons. The molecule has 0 aliphatic rings. The summed E-state index contributed by atoms with van der Waals surface area (Å²) in [5, 5.41) is 0.604. The van der Waals surface area contributed by atoms with Crippen LogP contribution >= 0.6 is 11.6 Å². The quantitative estimate of drug-likeness (QED) is 0.875. The summed E-state index contributed by atoms with van der Waals surface area (Å²) in [5.74, 6) is -0.842. The molecule has 0 spiro atoms. The van der Waals surface area contributed by atoms with Gasteiger partial charge in [-0.05, 0) is 36.8 Å². The van der Waals surface area contributed by atoms with Crippen molar-refractivity contribution >= 4 is 23.2 Å². The van der Waals surface area contributed by atoms with Crippen molar-refractivity contribution in [1.29, 1.82) is 0 Å². The van der Waals surface area contributed by atoms with Gasteiger partial charge >= 0.3 is 0 Å². The highest BCUT2D eigenvalue weighted by molar-refractivity contribution is 6.31. The summed E-state index contributed by atoms with van der Waals surface area (Å²) in [5.41, 5.74) is 6.58. The number of nitrogens with zero attached hydrogens (tertiary/aromatic N) is 1. The van der Waals surface area contributed by atoms with Gasteiger partial charge in [-0.25, -0.2) is 4.39 Å². The zero-order valence-corrected chi connectivity index (χ0v) is 12.4. The summed E-state index contributed by atoms with van der Waals surface area (Å²) >= 11 is 6.11. The second-order valence-electron chi connectivity index (χ2n) is 4.65. The van der Waals surface area contributed by atoms with Crippen LogP contribution in [0.3, 0.4) is 0 Å². The summed E-state index contributed by atoms with van der Waals surface area (Å²) in [7, 11) is 0. The van der Waals surface area contributed by atoms with E-state index in [-0.39, 0.29) is 17.2 Å². The molecule has 2 aromatic carbocycles. The SMILES string of the molecule is CCN(Cc1ccccc1Cl)C(=O)c1ccc(N)c(F)c1. The number of halogens is 2. The lowest BCUT2D eigenvalue weighted by molar-refractivity contribution is 0.0752. The summed E-state index contributed by atoms with van der Waals surface area (Å²) < 4.78 is 13.5. The molecule has 0 aromatic heterocycles. The minimum absolute atomic E-state index is 0.0284. The van der Waals surface area contributed by atoms with Gasteiger partial charge in [0.25, 0.3) is 5.91 Å². The van der Waals surface area contributed by atoms with Crippen molar-refractivity contribution in [3.63, 3.8) is 0 Å². The lowest BCUT2D eigenvalue weighted by Gasteiger charge is -2.21. The lowest BCUT2D eigenvalue weighted by Crippen LogP contribution is -2.30. The average Bonchev–Trinajstić information content (AvgIpc) is 2.48. The van der Waals surface area contributed by atoms with E-state index in [0.29, 0.717) is 18.1 Å². The van der Waals surface area contributed by atoms with E-state index in [1.54, 1.807) is 11.0 Å². The lowest BCUT2D eigenvalue weighted by atomic mass is 10.1. The van der Waals surface area contributed by atoms with Crippen LogP contribution in [0.2, 0.25) is 5.02 Å². The van der Waals surface area contributed by atoms with Gasteiger partial charge in [0.05, 0.1) is 5.69 Å². The Labute approximate surface area is 128 Å². The summed E-state index contributed by atoms with van der Waals surface area (Å²) in [6.45, 7) is 2.74. The van der Waals surface area contributed by atoms with Gasteiger partial charge in [0.2, 0.25) is 0 Å². The first-order valence-electron chi connectivity index (χ1n) is 6.60.